The Labute approximate surface area is 126 Å². The fourth-order valence-corrected chi connectivity index (χ4v) is 2.65. The average molecular weight is 284 g/mol. The summed E-state index contributed by atoms with van der Waals surface area (Å²) in [5.41, 5.74) is 0. The maximum absolute atomic E-state index is 9.40. The predicted octanol–water partition coefficient (Wildman–Crippen LogP) is 4.84. The first kappa shape index (κ1) is 19.7. The smallest absolute Gasteiger partial charge is 0.0459 e. The van der Waals surface area contributed by atoms with Crippen molar-refractivity contribution < 1.29 is 10.2 Å². The molecule has 0 saturated heterocycles. The summed E-state index contributed by atoms with van der Waals surface area (Å²) >= 11 is 0. The van der Waals surface area contributed by atoms with Crippen LogP contribution in [0.2, 0.25) is 0 Å². The molecular weight excluding hydrogens is 248 g/mol. The number of aliphatic hydroxyl groups is 2. The van der Waals surface area contributed by atoms with Gasteiger partial charge >= 0.3 is 0 Å². The van der Waals surface area contributed by atoms with Gasteiger partial charge in [-0.25, -0.2) is 0 Å². The molecule has 0 amide bonds. The molecule has 2 nitrogen and oxygen atoms in total. The molecule has 0 bridgehead atoms. The first-order chi connectivity index (χ1) is 9.85. The molecule has 2 heteroatoms. The third kappa shape index (κ3) is 14.1. The van der Waals surface area contributed by atoms with Crippen molar-refractivity contribution in [2.75, 3.05) is 13.2 Å². The molecule has 0 heterocycles. The monoisotopic (exact) mass is 284 g/mol. The molecule has 0 radical (unpaired) electrons. The SMILES string of the molecule is C=CCCCCCCC(CO)CCCCCCCCO. The third-order valence-electron chi connectivity index (χ3n) is 4.05. The van der Waals surface area contributed by atoms with Crippen LogP contribution in [0.1, 0.15) is 83.5 Å². The molecule has 20 heavy (non-hydrogen) atoms. The van der Waals surface area contributed by atoms with E-state index in [0.29, 0.717) is 19.1 Å². The van der Waals surface area contributed by atoms with Gasteiger partial charge in [0.2, 0.25) is 0 Å². The van der Waals surface area contributed by atoms with Crippen molar-refractivity contribution in [2.24, 2.45) is 5.92 Å². The van der Waals surface area contributed by atoms with Crippen molar-refractivity contribution in [1.82, 2.24) is 0 Å². The quantitative estimate of drug-likeness (QED) is 0.314. The molecule has 0 aliphatic carbocycles. The molecule has 0 rings (SSSR count). The van der Waals surface area contributed by atoms with Gasteiger partial charge in [-0.05, 0) is 38.0 Å². The van der Waals surface area contributed by atoms with E-state index in [-0.39, 0.29) is 0 Å². The van der Waals surface area contributed by atoms with Crippen molar-refractivity contribution in [3.05, 3.63) is 12.7 Å². The molecular formula is C18H36O2. The normalized spacial score (nSPS) is 12.5. The van der Waals surface area contributed by atoms with Gasteiger partial charge in [-0.15, -0.1) is 6.58 Å². The van der Waals surface area contributed by atoms with Crippen LogP contribution < -0.4 is 0 Å². The van der Waals surface area contributed by atoms with Crippen LogP contribution in [-0.2, 0) is 0 Å². The Hall–Kier alpha value is -0.340. The lowest BCUT2D eigenvalue weighted by atomic mass is 9.95. The van der Waals surface area contributed by atoms with Gasteiger partial charge in [-0.1, -0.05) is 57.4 Å². The van der Waals surface area contributed by atoms with Gasteiger partial charge in [0.05, 0.1) is 0 Å². The van der Waals surface area contributed by atoms with E-state index in [1.807, 2.05) is 6.08 Å². The summed E-state index contributed by atoms with van der Waals surface area (Å²) in [6.07, 6.45) is 17.8. The molecule has 0 saturated carbocycles. The molecule has 0 fully saturated rings. The van der Waals surface area contributed by atoms with Crippen molar-refractivity contribution in [3.63, 3.8) is 0 Å². The standard InChI is InChI=1S/C18H36O2/c1-2-3-4-5-8-11-14-18(17-20)15-12-9-6-7-10-13-16-19/h2,18-20H,1,3-17H2. The molecule has 2 N–H and O–H groups in total. The highest BCUT2D eigenvalue weighted by atomic mass is 16.3. The first-order valence-corrected chi connectivity index (χ1v) is 8.67. The second-order valence-corrected chi connectivity index (χ2v) is 5.96. The summed E-state index contributed by atoms with van der Waals surface area (Å²) in [5, 5.41) is 18.1. The Balaban J connectivity index is 3.31. The second-order valence-electron chi connectivity index (χ2n) is 5.96. The molecule has 120 valence electrons. The van der Waals surface area contributed by atoms with Crippen molar-refractivity contribution in [1.29, 1.82) is 0 Å². The van der Waals surface area contributed by atoms with Crippen LogP contribution in [0.4, 0.5) is 0 Å². The largest absolute Gasteiger partial charge is 0.396 e. The minimum absolute atomic E-state index is 0.333. The van der Waals surface area contributed by atoms with E-state index in [9.17, 15) is 5.11 Å². The topological polar surface area (TPSA) is 40.5 Å². The summed E-state index contributed by atoms with van der Waals surface area (Å²) in [7, 11) is 0. The predicted molar refractivity (Wildman–Crippen MR) is 87.9 cm³/mol. The number of aliphatic hydroxyl groups excluding tert-OH is 2. The Morgan fingerprint density at radius 2 is 1.20 bits per heavy atom. The Morgan fingerprint density at radius 3 is 1.70 bits per heavy atom. The molecule has 1 atom stereocenters. The minimum Gasteiger partial charge on any atom is -0.396 e. The highest BCUT2D eigenvalue weighted by molar-refractivity contribution is 4.65. The zero-order valence-corrected chi connectivity index (χ0v) is 13.4. The fraction of sp³-hybridized carbons (Fsp3) is 0.889. The van der Waals surface area contributed by atoms with Crippen LogP contribution in [0.15, 0.2) is 12.7 Å². The average Bonchev–Trinajstić information content (AvgIpc) is 2.47. The van der Waals surface area contributed by atoms with E-state index in [2.05, 4.69) is 6.58 Å². The molecule has 1 unspecified atom stereocenters. The van der Waals surface area contributed by atoms with Gasteiger partial charge in [-0.2, -0.15) is 0 Å². The number of rotatable bonds is 16. The van der Waals surface area contributed by atoms with Crippen molar-refractivity contribution >= 4 is 0 Å². The maximum atomic E-state index is 9.40. The number of hydrogen-bond acceptors (Lipinski definition) is 2. The molecule has 0 aromatic carbocycles. The first-order valence-electron chi connectivity index (χ1n) is 8.67. The van der Waals surface area contributed by atoms with E-state index < -0.39 is 0 Å². The molecule has 0 aliphatic rings. The lowest BCUT2D eigenvalue weighted by molar-refractivity contribution is 0.204. The van der Waals surface area contributed by atoms with E-state index in [1.165, 1.54) is 64.2 Å². The van der Waals surface area contributed by atoms with Gasteiger partial charge in [-0.3, -0.25) is 0 Å². The van der Waals surface area contributed by atoms with Gasteiger partial charge in [0.1, 0.15) is 0 Å². The number of unbranched alkanes of at least 4 members (excludes halogenated alkanes) is 9. The molecule has 0 aromatic rings. The molecule has 0 spiro atoms. The molecule has 0 aliphatic heterocycles. The number of hydrogen-bond donors (Lipinski definition) is 2. The van der Waals surface area contributed by atoms with Crippen LogP contribution in [0.3, 0.4) is 0 Å². The lowest BCUT2D eigenvalue weighted by Gasteiger charge is -2.13. The van der Waals surface area contributed by atoms with Gasteiger partial charge < -0.3 is 10.2 Å². The lowest BCUT2D eigenvalue weighted by Crippen LogP contribution is -2.06. The summed E-state index contributed by atoms with van der Waals surface area (Å²) < 4.78 is 0. The van der Waals surface area contributed by atoms with Gasteiger partial charge in [0.25, 0.3) is 0 Å². The van der Waals surface area contributed by atoms with Crippen LogP contribution >= 0.6 is 0 Å². The van der Waals surface area contributed by atoms with E-state index in [4.69, 9.17) is 5.11 Å². The highest BCUT2D eigenvalue weighted by Crippen LogP contribution is 2.18. The zero-order chi connectivity index (χ0) is 14.9. The van der Waals surface area contributed by atoms with Crippen molar-refractivity contribution in [2.45, 2.75) is 83.5 Å². The number of allylic oxidation sites excluding steroid dienone is 1. The Kier molecular flexibility index (Phi) is 16.4. The highest BCUT2D eigenvalue weighted by Gasteiger charge is 2.06. The fourth-order valence-electron chi connectivity index (χ4n) is 2.65. The van der Waals surface area contributed by atoms with Gasteiger partial charge in [0, 0.05) is 13.2 Å². The van der Waals surface area contributed by atoms with E-state index in [1.54, 1.807) is 0 Å². The summed E-state index contributed by atoms with van der Waals surface area (Å²) in [4.78, 5) is 0. The zero-order valence-electron chi connectivity index (χ0n) is 13.4. The maximum Gasteiger partial charge on any atom is 0.0459 e. The second kappa shape index (κ2) is 16.7. The Bertz CT molecular complexity index is 192. The van der Waals surface area contributed by atoms with E-state index >= 15 is 0 Å². The third-order valence-corrected chi connectivity index (χ3v) is 4.05. The Morgan fingerprint density at radius 1 is 0.700 bits per heavy atom. The van der Waals surface area contributed by atoms with Crippen LogP contribution in [0.5, 0.6) is 0 Å². The van der Waals surface area contributed by atoms with Crippen molar-refractivity contribution in [3.8, 4) is 0 Å². The summed E-state index contributed by atoms with van der Waals surface area (Å²) in [6, 6.07) is 0. The van der Waals surface area contributed by atoms with Gasteiger partial charge in [0.15, 0.2) is 0 Å². The van der Waals surface area contributed by atoms with Crippen LogP contribution in [-0.4, -0.2) is 23.4 Å². The van der Waals surface area contributed by atoms with E-state index in [0.717, 1.165) is 19.3 Å². The van der Waals surface area contributed by atoms with Crippen LogP contribution in [0.25, 0.3) is 0 Å². The van der Waals surface area contributed by atoms with Crippen LogP contribution in [0, 0.1) is 5.92 Å². The minimum atomic E-state index is 0.333. The summed E-state index contributed by atoms with van der Waals surface area (Å²) in [5.74, 6) is 0.520. The molecule has 0 aromatic heterocycles. The summed E-state index contributed by atoms with van der Waals surface area (Å²) in [6.45, 7) is 4.43.